The molecule has 0 spiro atoms. The number of rotatable bonds is 5. The fourth-order valence-corrected chi connectivity index (χ4v) is 5.54. The van der Waals surface area contributed by atoms with E-state index in [0.717, 1.165) is 24.0 Å². The number of aromatic nitrogens is 2. The molecule has 2 N–H and O–H groups in total. The molecule has 7 nitrogen and oxygen atoms in total. The number of nitrogens with zero attached hydrogens (tertiary/aromatic N) is 2. The number of H-pyrrole nitrogens is 1. The predicted molar refractivity (Wildman–Crippen MR) is 131 cm³/mol. The second-order valence-electron chi connectivity index (χ2n) is 9.74. The third-order valence-electron chi connectivity index (χ3n) is 7.33. The molecule has 1 saturated heterocycles. The van der Waals surface area contributed by atoms with Gasteiger partial charge in [-0.3, -0.25) is 4.79 Å². The summed E-state index contributed by atoms with van der Waals surface area (Å²) in [6.07, 6.45) is 5.01. The smallest absolute Gasteiger partial charge is 0.322 e. The van der Waals surface area contributed by atoms with E-state index in [0.29, 0.717) is 17.5 Å². The maximum absolute atomic E-state index is 15.1. The number of carbonyl (C=O) groups excluding carboxylic acids is 1. The van der Waals surface area contributed by atoms with Gasteiger partial charge in [0.05, 0.1) is 29.3 Å². The van der Waals surface area contributed by atoms with Crippen molar-refractivity contribution >= 4 is 23.3 Å². The maximum atomic E-state index is 15.1. The minimum atomic E-state index is -2.67. The van der Waals surface area contributed by atoms with Gasteiger partial charge in [-0.25, -0.2) is 22.9 Å². The van der Waals surface area contributed by atoms with Crippen molar-refractivity contribution in [3.63, 3.8) is 0 Å². The molecule has 2 fully saturated rings. The van der Waals surface area contributed by atoms with Crippen molar-refractivity contribution < 1.29 is 22.7 Å². The number of carbonyl (C=O) groups is 1. The molecule has 4 heterocycles. The Morgan fingerprint density at radius 3 is 2.81 bits per heavy atom. The van der Waals surface area contributed by atoms with Crippen LogP contribution in [0.1, 0.15) is 36.4 Å². The molecule has 2 bridgehead atoms. The van der Waals surface area contributed by atoms with Crippen LogP contribution in [-0.2, 0) is 6.42 Å². The Hall–Kier alpha value is -3.53. The monoisotopic (exact) mass is 530 g/mol. The van der Waals surface area contributed by atoms with Crippen LogP contribution in [0.3, 0.4) is 0 Å². The molecular formula is C26H22ClF3N4O3. The lowest BCUT2D eigenvalue weighted by atomic mass is 9.95. The lowest BCUT2D eigenvalue weighted by Crippen LogP contribution is -2.44. The quantitative estimate of drug-likeness (QED) is 0.452. The number of ether oxygens (including phenoxy) is 1. The summed E-state index contributed by atoms with van der Waals surface area (Å²) in [6.45, 7) is -0.120. The van der Waals surface area contributed by atoms with Gasteiger partial charge in [-0.15, -0.1) is 0 Å². The van der Waals surface area contributed by atoms with Gasteiger partial charge in [0.25, 0.3) is 5.92 Å². The molecule has 2 amide bonds. The van der Waals surface area contributed by atoms with Crippen molar-refractivity contribution in [2.75, 3.05) is 11.9 Å². The summed E-state index contributed by atoms with van der Waals surface area (Å²) in [4.78, 5) is 33.4. The number of nitrogens with one attached hydrogen (secondary N) is 2. The van der Waals surface area contributed by atoms with Crippen LogP contribution in [0.15, 0.2) is 47.5 Å². The molecule has 3 aliphatic rings. The Bertz CT molecular complexity index is 1450. The van der Waals surface area contributed by atoms with Gasteiger partial charge in [-0.05, 0) is 48.6 Å². The van der Waals surface area contributed by atoms with Gasteiger partial charge in [0, 0.05) is 48.1 Å². The van der Waals surface area contributed by atoms with Crippen LogP contribution in [0.2, 0.25) is 5.02 Å². The third-order valence-corrected chi connectivity index (χ3v) is 7.64. The Morgan fingerprint density at radius 2 is 2.08 bits per heavy atom. The average molecular weight is 531 g/mol. The predicted octanol–water partition coefficient (Wildman–Crippen LogP) is 5.56. The molecule has 1 unspecified atom stereocenters. The number of aromatic amines is 1. The number of alkyl halides is 2. The summed E-state index contributed by atoms with van der Waals surface area (Å²) >= 11 is 6.43. The first-order valence-corrected chi connectivity index (χ1v) is 12.3. The second kappa shape index (κ2) is 8.79. The van der Waals surface area contributed by atoms with E-state index in [1.807, 2.05) is 0 Å². The molecule has 1 aromatic carbocycles. The SMILES string of the molecule is O=C(Nc1cc(Cl)c(-c2ccc(OCC3CC3(F)F)nc2)cc1F)N1[C@H]2CC[C@@H]1c1c[nH]c(=O)cc1C2. The first-order valence-electron chi connectivity index (χ1n) is 12.0. The summed E-state index contributed by atoms with van der Waals surface area (Å²) in [5.74, 6) is -3.94. The van der Waals surface area contributed by atoms with E-state index in [1.54, 1.807) is 23.2 Å². The van der Waals surface area contributed by atoms with Gasteiger partial charge in [-0.1, -0.05) is 11.6 Å². The molecule has 1 aliphatic carbocycles. The van der Waals surface area contributed by atoms with E-state index in [1.165, 1.54) is 24.4 Å². The number of amides is 2. The first-order chi connectivity index (χ1) is 17.7. The van der Waals surface area contributed by atoms with E-state index >= 15 is 4.39 Å². The van der Waals surface area contributed by atoms with Crippen LogP contribution in [0.5, 0.6) is 5.88 Å². The summed E-state index contributed by atoms with van der Waals surface area (Å²) < 4.78 is 46.4. The minimum absolute atomic E-state index is 0.0521. The number of hydrogen-bond donors (Lipinski definition) is 2. The number of halogens is 4. The van der Waals surface area contributed by atoms with Crippen molar-refractivity contribution in [3.8, 4) is 17.0 Å². The Balaban J connectivity index is 1.16. The highest BCUT2D eigenvalue weighted by Crippen LogP contribution is 2.48. The topological polar surface area (TPSA) is 87.3 Å². The molecule has 11 heteroatoms. The van der Waals surface area contributed by atoms with Crippen LogP contribution < -0.4 is 15.6 Å². The van der Waals surface area contributed by atoms with E-state index in [9.17, 15) is 18.4 Å². The molecule has 2 aromatic heterocycles. The number of hydrogen-bond acceptors (Lipinski definition) is 4. The normalized spacial score (nSPS) is 22.9. The maximum Gasteiger partial charge on any atom is 0.322 e. The molecule has 0 radical (unpaired) electrons. The highest BCUT2D eigenvalue weighted by Gasteiger charge is 2.57. The Kier molecular flexibility index (Phi) is 5.67. The minimum Gasteiger partial charge on any atom is -0.477 e. The van der Waals surface area contributed by atoms with E-state index in [2.05, 4.69) is 15.3 Å². The zero-order chi connectivity index (χ0) is 25.9. The zero-order valence-electron chi connectivity index (χ0n) is 19.4. The third kappa shape index (κ3) is 4.43. The van der Waals surface area contributed by atoms with Gasteiger partial charge in [-0.2, -0.15) is 0 Å². The van der Waals surface area contributed by atoms with Gasteiger partial charge < -0.3 is 19.9 Å². The van der Waals surface area contributed by atoms with Crippen LogP contribution in [0, 0.1) is 11.7 Å². The number of anilines is 1. The van der Waals surface area contributed by atoms with Crippen molar-refractivity contribution in [2.45, 2.75) is 43.7 Å². The second-order valence-corrected chi connectivity index (χ2v) is 10.1. The molecule has 1 saturated carbocycles. The number of pyridine rings is 2. The first kappa shape index (κ1) is 23.8. The van der Waals surface area contributed by atoms with Gasteiger partial charge >= 0.3 is 6.03 Å². The molecule has 37 heavy (non-hydrogen) atoms. The Morgan fingerprint density at radius 1 is 1.27 bits per heavy atom. The van der Waals surface area contributed by atoms with Crippen LogP contribution >= 0.6 is 11.6 Å². The van der Waals surface area contributed by atoms with Crippen LogP contribution in [0.4, 0.5) is 23.7 Å². The van der Waals surface area contributed by atoms with Gasteiger partial charge in [0.2, 0.25) is 11.4 Å². The molecule has 3 aromatic rings. The molecule has 6 rings (SSSR count). The molecule has 3 atom stereocenters. The van der Waals surface area contributed by atoms with E-state index < -0.39 is 23.7 Å². The van der Waals surface area contributed by atoms with Crippen LogP contribution in [-0.4, -0.2) is 39.5 Å². The van der Waals surface area contributed by atoms with Crippen molar-refractivity contribution in [2.24, 2.45) is 5.92 Å². The van der Waals surface area contributed by atoms with Crippen molar-refractivity contribution in [1.82, 2.24) is 14.9 Å². The number of benzene rings is 1. The Labute approximate surface area is 214 Å². The average Bonchev–Trinajstić information content (AvgIpc) is 3.35. The van der Waals surface area contributed by atoms with E-state index in [4.69, 9.17) is 16.3 Å². The molecule has 2 aliphatic heterocycles. The number of urea groups is 1. The van der Waals surface area contributed by atoms with Crippen LogP contribution in [0.25, 0.3) is 11.1 Å². The van der Waals surface area contributed by atoms with Gasteiger partial charge in [0.1, 0.15) is 5.82 Å². The summed E-state index contributed by atoms with van der Waals surface area (Å²) in [7, 11) is 0. The largest absolute Gasteiger partial charge is 0.477 e. The fraction of sp³-hybridized carbons (Fsp3) is 0.346. The molecular weight excluding hydrogens is 509 g/mol. The number of fused-ring (bicyclic) bond motifs is 4. The standard InChI is InChI=1S/C26H22ClF3N4O3/c27-19-8-21(33-25(36)34-16-2-3-22(34)18-11-31-23(35)6-14(18)5-16)20(28)7-17(19)13-1-4-24(32-10-13)37-12-15-9-26(15,29)30/h1,4,6-8,10-11,15-16,22H,2-3,5,9,12H2,(H,31,35)(H,33,36)/t15?,16-,22+/m0/s1. The van der Waals surface area contributed by atoms with Crippen molar-refractivity contribution in [1.29, 1.82) is 0 Å². The van der Waals surface area contributed by atoms with Gasteiger partial charge in [0.15, 0.2) is 0 Å². The lowest BCUT2D eigenvalue weighted by Gasteiger charge is -2.36. The highest BCUT2D eigenvalue weighted by atomic mass is 35.5. The summed E-state index contributed by atoms with van der Waals surface area (Å²) in [6, 6.07) is 6.56. The summed E-state index contributed by atoms with van der Waals surface area (Å²) in [5.41, 5.74) is 2.49. The zero-order valence-corrected chi connectivity index (χ0v) is 20.2. The molecule has 192 valence electrons. The lowest BCUT2D eigenvalue weighted by molar-refractivity contribution is 0.0849. The highest BCUT2D eigenvalue weighted by molar-refractivity contribution is 6.33. The van der Waals surface area contributed by atoms with Crippen molar-refractivity contribution in [3.05, 3.63) is 75.0 Å². The van der Waals surface area contributed by atoms with E-state index in [-0.39, 0.29) is 47.3 Å². The summed E-state index contributed by atoms with van der Waals surface area (Å²) in [5, 5.41) is 2.85. The fourth-order valence-electron chi connectivity index (χ4n) is 5.27.